The van der Waals surface area contributed by atoms with Crippen LogP contribution in [0, 0.1) is 22.7 Å². The second-order valence-corrected chi connectivity index (χ2v) is 9.77. The molecule has 0 spiro atoms. The Kier molecular flexibility index (Phi) is 4.05. The molecule has 1 saturated heterocycles. The van der Waals surface area contributed by atoms with Crippen LogP contribution in [0.4, 0.5) is 0 Å². The molecule has 3 aliphatic rings. The summed E-state index contributed by atoms with van der Waals surface area (Å²) in [5.41, 5.74) is -2.11. The highest BCUT2D eigenvalue weighted by atomic mass is 16.5. The van der Waals surface area contributed by atoms with Crippen LogP contribution >= 0.6 is 0 Å². The molecule has 0 amide bonds. The first-order valence-corrected chi connectivity index (χ1v) is 9.30. The lowest BCUT2D eigenvalue weighted by Crippen LogP contribution is -2.68. The van der Waals surface area contributed by atoms with Crippen molar-refractivity contribution in [3.05, 3.63) is 12.7 Å². The molecule has 0 aromatic rings. The molecule has 3 N–H and O–H groups in total. The van der Waals surface area contributed by atoms with E-state index in [1.165, 1.54) is 6.08 Å². The molecule has 2 aliphatic carbocycles. The molecule has 3 rings (SSSR count). The van der Waals surface area contributed by atoms with Gasteiger partial charge in [0.15, 0.2) is 0 Å². The Hall–Kier alpha value is -0.420. The maximum absolute atomic E-state index is 11.0. The summed E-state index contributed by atoms with van der Waals surface area (Å²) >= 11 is 0. The fourth-order valence-electron chi connectivity index (χ4n) is 6.47. The predicted molar refractivity (Wildman–Crippen MR) is 93.4 cm³/mol. The SMILES string of the molecule is C=C[C@](C)(O)[C@@H]1C[C@@H]2[C@]3(C)CCCC(C)(C)[C@@H]3[C@H](O)[C@@H](O)[C@@]2(C)O1. The highest BCUT2D eigenvalue weighted by Crippen LogP contribution is 2.66. The molecule has 0 aromatic heterocycles. The van der Waals surface area contributed by atoms with E-state index < -0.39 is 29.5 Å². The van der Waals surface area contributed by atoms with Crippen LogP contribution in [0.25, 0.3) is 0 Å². The minimum absolute atomic E-state index is 0.0201. The van der Waals surface area contributed by atoms with Gasteiger partial charge in [0.25, 0.3) is 0 Å². The van der Waals surface area contributed by atoms with Crippen molar-refractivity contribution < 1.29 is 20.1 Å². The van der Waals surface area contributed by atoms with Crippen molar-refractivity contribution in [2.75, 3.05) is 0 Å². The van der Waals surface area contributed by atoms with Gasteiger partial charge in [-0.15, -0.1) is 6.58 Å². The van der Waals surface area contributed by atoms with Crippen molar-refractivity contribution in [1.29, 1.82) is 0 Å². The molecular weight excluding hydrogens is 304 g/mol. The van der Waals surface area contributed by atoms with Gasteiger partial charge in [0, 0.05) is 0 Å². The molecule has 3 fully saturated rings. The predicted octanol–water partition coefficient (Wildman–Crippen LogP) is 2.66. The summed E-state index contributed by atoms with van der Waals surface area (Å²) in [6.07, 6.45) is 3.26. The molecule has 4 heteroatoms. The van der Waals surface area contributed by atoms with Gasteiger partial charge in [-0.1, -0.05) is 33.3 Å². The highest BCUT2D eigenvalue weighted by Gasteiger charge is 2.69. The standard InChI is InChI=1S/C20H34O4/c1-7-19(5,23)13-11-12-18(4)10-8-9-17(2,3)15(18)14(21)16(22)20(12,6)24-13/h7,12-16,21-23H,1,8-11H2,2-6H3/t12-,13+,14+,15+,16-,18+,19+,20+/m1/s1. The summed E-state index contributed by atoms with van der Waals surface area (Å²) in [7, 11) is 0. The van der Waals surface area contributed by atoms with E-state index in [-0.39, 0.29) is 22.7 Å². The minimum Gasteiger partial charge on any atom is -0.390 e. The average Bonchev–Trinajstić information content (AvgIpc) is 2.85. The molecular formula is C20H34O4. The number of hydrogen-bond acceptors (Lipinski definition) is 4. The second-order valence-electron chi connectivity index (χ2n) is 9.77. The van der Waals surface area contributed by atoms with E-state index in [0.29, 0.717) is 6.42 Å². The summed E-state index contributed by atoms with van der Waals surface area (Å²) in [5, 5.41) is 32.6. The first-order valence-electron chi connectivity index (χ1n) is 9.30. The van der Waals surface area contributed by atoms with Crippen LogP contribution in [0.15, 0.2) is 12.7 Å². The number of hydrogen-bond donors (Lipinski definition) is 3. The van der Waals surface area contributed by atoms with E-state index in [1.807, 2.05) is 6.92 Å². The van der Waals surface area contributed by atoms with E-state index in [1.54, 1.807) is 6.92 Å². The van der Waals surface area contributed by atoms with Crippen LogP contribution in [0.1, 0.15) is 60.3 Å². The molecule has 0 unspecified atom stereocenters. The normalized spacial score (nSPS) is 52.9. The summed E-state index contributed by atoms with van der Waals surface area (Å²) < 4.78 is 6.24. The third-order valence-electron chi connectivity index (χ3n) is 7.74. The largest absolute Gasteiger partial charge is 0.390 e. The van der Waals surface area contributed by atoms with E-state index in [9.17, 15) is 15.3 Å². The Bertz CT molecular complexity index is 528. The lowest BCUT2D eigenvalue weighted by molar-refractivity contribution is -0.262. The molecule has 0 bridgehead atoms. The van der Waals surface area contributed by atoms with E-state index in [0.717, 1.165) is 19.3 Å². The van der Waals surface area contributed by atoms with Gasteiger partial charge in [-0.3, -0.25) is 0 Å². The molecule has 1 aliphatic heterocycles. The maximum atomic E-state index is 11.0. The zero-order valence-corrected chi connectivity index (χ0v) is 15.7. The van der Waals surface area contributed by atoms with Gasteiger partial charge in [-0.2, -0.15) is 0 Å². The minimum atomic E-state index is -1.14. The van der Waals surface area contributed by atoms with Gasteiger partial charge >= 0.3 is 0 Å². The molecule has 2 saturated carbocycles. The third kappa shape index (κ3) is 2.26. The first-order chi connectivity index (χ1) is 10.9. The Morgan fingerprint density at radius 1 is 1.17 bits per heavy atom. The fourth-order valence-corrected chi connectivity index (χ4v) is 6.47. The van der Waals surface area contributed by atoms with Crippen LogP contribution in [-0.4, -0.2) is 44.8 Å². The number of aliphatic hydroxyl groups is 3. The molecule has 1 heterocycles. The van der Waals surface area contributed by atoms with Crippen molar-refractivity contribution in [3.8, 4) is 0 Å². The van der Waals surface area contributed by atoms with E-state index >= 15 is 0 Å². The Labute approximate surface area is 145 Å². The van der Waals surface area contributed by atoms with Crippen molar-refractivity contribution in [1.82, 2.24) is 0 Å². The second kappa shape index (κ2) is 5.29. The van der Waals surface area contributed by atoms with E-state index in [2.05, 4.69) is 27.4 Å². The van der Waals surface area contributed by atoms with Crippen LogP contribution < -0.4 is 0 Å². The molecule has 24 heavy (non-hydrogen) atoms. The smallest absolute Gasteiger partial charge is 0.109 e. The quantitative estimate of drug-likeness (QED) is 0.677. The molecule has 8 atom stereocenters. The molecule has 0 radical (unpaired) electrons. The number of ether oxygens (including phenoxy) is 1. The summed E-state index contributed by atoms with van der Waals surface area (Å²) in [6, 6.07) is 0. The lowest BCUT2D eigenvalue weighted by Gasteiger charge is -2.63. The fraction of sp³-hybridized carbons (Fsp3) is 0.900. The van der Waals surface area contributed by atoms with Crippen molar-refractivity contribution in [2.24, 2.45) is 22.7 Å². The Morgan fingerprint density at radius 3 is 2.38 bits per heavy atom. The zero-order chi connectivity index (χ0) is 18.1. The molecule has 0 aromatic carbocycles. The van der Waals surface area contributed by atoms with Crippen LogP contribution in [0.2, 0.25) is 0 Å². The maximum Gasteiger partial charge on any atom is 0.109 e. The van der Waals surface area contributed by atoms with Crippen molar-refractivity contribution >= 4 is 0 Å². The van der Waals surface area contributed by atoms with Gasteiger partial charge in [0.1, 0.15) is 11.7 Å². The number of fused-ring (bicyclic) bond motifs is 3. The number of aliphatic hydroxyl groups excluding tert-OH is 2. The monoisotopic (exact) mass is 338 g/mol. The van der Waals surface area contributed by atoms with Gasteiger partial charge in [0.2, 0.25) is 0 Å². The van der Waals surface area contributed by atoms with Crippen LogP contribution in [0.3, 0.4) is 0 Å². The van der Waals surface area contributed by atoms with Crippen LogP contribution in [-0.2, 0) is 4.74 Å². The van der Waals surface area contributed by atoms with E-state index in [4.69, 9.17) is 4.74 Å². The third-order valence-corrected chi connectivity index (χ3v) is 7.74. The van der Waals surface area contributed by atoms with Gasteiger partial charge in [0.05, 0.1) is 17.8 Å². The summed E-state index contributed by atoms with van der Waals surface area (Å²) in [4.78, 5) is 0. The lowest BCUT2D eigenvalue weighted by atomic mass is 9.44. The molecule has 4 nitrogen and oxygen atoms in total. The Morgan fingerprint density at radius 2 is 1.79 bits per heavy atom. The summed E-state index contributed by atoms with van der Waals surface area (Å²) in [5.74, 6) is 0.132. The zero-order valence-electron chi connectivity index (χ0n) is 15.7. The van der Waals surface area contributed by atoms with Crippen molar-refractivity contribution in [3.63, 3.8) is 0 Å². The molecule has 138 valence electrons. The van der Waals surface area contributed by atoms with Crippen molar-refractivity contribution in [2.45, 2.75) is 89.8 Å². The van der Waals surface area contributed by atoms with Gasteiger partial charge < -0.3 is 20.1 Å². The highest BCUT2D eigenvalue weighted by molar-refractivity contribution is 5.19. The van der Waals surface area contributed by atoms with Gasteiger partial charge in [-0.05, 0) is 55.8 Å². The summed E-state index contributed by atoms with van der Waals surface area (Å²) in [6.45, 7) is 14.0. The Balaban J connectivity index is 2.06. The number of rotatable bonds is 2. The van der Waals surface area contributed by atoms with Crippen LogP contribution in [0.5, 0.6) is 0 Å². The van der Waals surface area contributed by atoms with Gasteiger partial charge in [-0.25, -0.2) is 0 Å². The average molecular weight is 338 g/mol. The topological polar surface area (TPSA) is 69.9 Å². The first kappa shape index (κ1) is 18.4.